The molecule has 16 heavy (non-hydrogen) atoms. The molecule has 2 N–H and O–H groups in total. The normalized spacial score (nSPS) is 10.5. The summed E-state index contributed by atoms with van der Waals surface area (Å²) in [4.78, 5) is 23.9. The Labute approximate surface area is 90.0 Å². The molecule has 0 spiro atoms. The average Bonchev–Trinajstić information content (AvgIpc) is 2.55. The molecular formula is C11H9NO4. The molecule has 2 rings (SSSR count). The van der Waals surface area contributed by atoms with Gasteiger partial charge < -0.3 is 9.52 Å². The van der Waals surface area contributed by atoms with E-state index >= 15 is 0 Å². The molecule has 82 valence electrons. The van der Waals surface area contributed by atoms with E-state index in [2.05, 4.69) is 11.6 Å². The number of carbonyl (C=O) groups is 1. The number of carboxylic acids is 1. The number of benzene rings is 1. The quantitative estimate of drug-likeness (QED) is 0.821. The molecule has 0 atom stereocenters. The maximum Gasteiger partial charge on any atom is 0.417 e. The Bertz CT molecular complexity index is 620. The highest BCUT2D eigenvalue weighted by Gasteiger charge is 2.07. The smallest absolute Gasteiger partial charge is 0.417 e. The van der Waals surface area contributed by atoms with Crippen LogP contribution in [0.25, 0.3) is 16.7 Å². The molecule has 5 heteroatoms. The van der Waals surface area contributed by atoms with Crippen LogP contribution in [0.1, 0.15) is 12.0 Å². The first-order valence-corrected chi connectivity index (χ1v) is 4.59. The molecule has 0 fully saturated rings. The number of nitrogens with one attached hydrogen (secondary N) is 1. The minimum atomic E-state index is -0.939. The van der Waals surface area contributed by atoms with Gasteiger partial charge in [0.15, 0.2) is 5.58 Å². The topological polar surface area (TPSA) is 83.3 Å². The lowest BCUT2D eigenvalue weighted by atomic mass is 10.0. The number of oxazole rings is 1. The number of H-pyrrole nitrogens is 1. The summed E-state index contributed by atoms with van der Waals surface area (Å²) in [7, 11) is 0. The third-order valence-electron chi connectivity index (χ3n) is 2.19. The fourth-order valence-corrected chi connectivity index (χ4v) is 1.46. The highest BCUT2D eigenvalue weighted by molar-refractivity contribution is 5.86. The van der Waals surface area contributed by atoms with E-state index in [9.17, 15) is 9.59 Å². The van der Waals surface area contributed by atoms with Crippen LogP contribution in [0.3, 0.4) is 0 Å². The zero-order valence-electron chi connectivity index (χ0n) is 8.32. The lowest BCUT2D eigenvalue weighted by Gasteiger charge is -2.01. The van der Waals surface area contributed by atoms with Gasteiger partial charge in [-0.2, -0.15) is 0 Å². The maximum absolute atomic E-state index is 10.9. The van der Waals surface area contributed by atoms with E-state index in [1.54, 1.807) is 18.2 Å². The molecule has 0 aliphatic carbocycles. The van der Waals surface area contributed by atoms with Crippen LogP contribution in [0.4, 0.5) is 0 Å². The van der Waals surface area contributed by atoms with E-state index in [1.807, 2.05) is 0 Å². The monoisotopic (exact) mass is 219 g/mol. The Morgan fingerprint density at radius 3 is 2.94 bits per heavy atom. The number of hydrogen-bond acceptors (Lipinski definition) is 3. The van der Waals surface area contributed by atoms with Gasteiger partial charge in [-0.25, -0.2) is 4.79 Å². The van der Waals surface area contributed by atoms with Crippen molar-refractivity contribution in [3.63, 3.8) is 0 Å². The minimum absolute atomic E-state index is 0.131. The first-order valence-electron chi connectivity index (χ1n) is 4.59. The summed E-state index contributed by atoms with van der Waals surface area (Å²) in [6.45, 7) is 3.68. The van der Waals surface area contributed by atoms with Crippen molar-refractivity contribution in [2.24, 2.45) is 0 Å². The van der Waals surface area contributed by atoms with Crippen LogP contribution < -0.4 is 5.76 Å². The number of fused-ring (bicyclic) bond motifs is 1. The molecule has 1 aromatic heterocycles. The second kappa shape index (κ2) is 3.69. The number of hydrogen-bond donors (Lipinski definition) is 2. The zero-order chi connectivity index (χ0) is 11.7. The molecule has 0 amide bonds. The van der Waals surface area contributed by atoms with Crippen molar-refractivity contribution in [1.82, 2.24) is 4.98 Å². The van der Waals surface area contributed by atoms with E-state index < -0.39 is 11.7 Å². The number of carboxylic acid groups (broad SMARTS) is 1. The Kier molecular flexibility index (Phi) is 2.36. The molecule has 0 radical (unpaired) electrons. The van der Waals surface area contributed by atoms with Crippen molar-refractivity contribution in [3.8, 4) is 0 Å². The third-order valence-corrected chi connectivity index (χ3v) is 2.19. The first kappa shape index (κ1) is 10.2. The second-order valence-electron chi connectivity index (χ2n) is 3.40. The van der Waals surface area contributed by atoms with Crippen LogP contribution in [0.5, 0.6) is 0 Å². The van der Waals surface area contributed by atoms with Gasteiger partial charge in [0.25, 0.3) is 0 Å². The highest BCUT2D eigenvalue weighted by Crippen LogP contribution is 2.20. The van der Waals surface area contributed by atoms with Gasteiger partial charge in [0, 0.05) is 0 Å². The van der Waals surface area contributed by atoms with Gasteiger partial charge in [-0.1, -0.05) is 12.6 Å². The van der Waals surface area contributed by atoms with Crippen LogP contribution in [-0.2, 0) is 4.79 Å². The van der Waals surface area contributed by atoms with Crippen molar-refractivity contribution in [2.45, 2.75) is 6.42 Å². The number of aliphatic carboxylic acids is 1. The number of aromatic amines is 1. The fourth-order valence-electron chi connectivity index (χ4n) is 1.46. The van der Waals surface area contributed by atoms with Gasteiger partial charge in [0.05, 0.1) is 11.9 Å². The summed E-state index contributed by atoms with van der Waals surface area (Å²) >= 11 is 0. The molecule has 0 bridgehead atoms. The van der Waals surface area contributed by atoms with Crippen LogP contribution in [0, 0.1) is 0 Å². The minimum Gasteiger partial charge on any atom is -0.481 e. The highest BCUT2D eigenvalue weighted by atomic mass is 16.4. The molecule has 0 aliphatic rings. The fraction of sp³-hybridized carbons (Fsp3) is 0.0909. The van der Waals surface area contributed by atoms with Gasteiger partial charge in [0.1, 0.15) is 0 Å². The Hall–Kier alpha value is -2.30. The molecule has 5 nitrogen and oxygen atoms in total. The molecule has 0 saturated carbocycles. The molecule has 1 heterocycles. The summed E-state index contributed by atoms with van der Waals surface area (Å²) in [5.74, 6) is -1.47. The van der Waals surface area contributed by atoms with Crippen molar-refractivity contribution in [3.05, 3.63) is 40.9 Å². The standard InChI is InChI=1S/C11H9NO4/c1-6(4-10(13)14)7-2-3-9-8(5-7)12-11(15)16-9/h2-3,5H,1,4H2,(H,12,15)(H,13,14). The van der Waals surface area contributed by atoms with Gasteiger partial charge >= 0.3 is 11.7 Å². The molecule has 0 unspecified atom stereocenters. The van der Waals surface area contributed by atoms with Crippen molar-refractivity contribution in [2.75, 3.05) is 0 Å². The van der Waals surface area contributed by atoms with Gasteiger partial charge in [0.2, 0.25) is 0 Å². The predicted octanol–water partition coefficient (Wildman–Crippen LogP) is 1.61. The summed E-state index contributed by atoms with van der Waals surface area (Å²) in [5.41, 5.74) is 2.13. The van der Waals surface area contributed by atoms with Crippen molar-refractivity contribution in [1.29, 1.82) is 0 Å². The number of rotatable bonds is 3. The summed E-state index contributed by atoms with van der Waals surface area (Å²) in [6.07, 6.45) is -0.131. The summed E-state index contributed by atoms with van der Waals surface area (Å²) in [6, 6.07) is 4.92. The lowest BCUT2D eigenvalue weighted by Crippen LogP contribution is -1.96. The van der Waals surface area contributed by atoms with Gasteiger partial charge in [-0.15, -0.1) is 0 Å². The van der Waals surface area contributed by atoms with E-state index in [0.717, 1.165) is 0 Å². The molecule has 0 saturated heterocycles. The molecule has 0 aliphatic heterocycles. The second-order valence-corrected chi connectivity index (χ2v) is 3.40. The van der Waals surface area contributed by atoms with E-state index in [4.69, 9.17) is 9.52 Å². The van der Waals surface area contributed by atoms with Gasteiger partial charge in [-0.3, -0.25) is 9.78 Å². The van der Waals surface area contributed by atoms with Crippen LogP contribution in [0.2, 0.25) is 0 Å². The maximum atomic E-state index is 10.9. The van der Waals surface area contributed by atoms with E-state index in [1.165, 1.54) is 0 Å². The van der Waals surface area contributed by atoms with Crippen molar-refractivity contribution >= 4 is 22.6 Å². The van der Waals surface area contributed by atoms with E-state index in [0.29, 0.717) is 22.2 Å². The largest absolute Gasteiger partial charge is 0.481 e. The summed E-state index contributed by atoms with van der Waals surface area (Å²) in [5, 5.41) is 8.63. The third kappa shape index (κ3) is 1.88. The van der Waals surface area contributed by atoms with Gasteiger partial charge in [-0.05, 0) is 23.3 Å². The molecule has 2 aromatic rings. The Morgan fingerprint density at radius 2 is 2.25 bits per heavy atom. The molecular weight excluding hydrogens is 210 g/mol. The summed E-state index contributed by atoms with van der Waals surface area (Å²) < 4.78 is 4.83. The first-order chi connectivity index (χ1) is 7.56. The lowest BCUT2D eigenvalue weighted by molar-refractivity contribution is -0.135. The zero-order valence-corrected chi connectivity index (χ0v) is 8.32. The van der Waals surface area contributed by atoms with Crippen LogP contribution in [0.15, 0.2) is 34.0 Å². The van der Waals surface area contributed by atoms with Crippen molar-refractivity contribution < 1.29 is 14.3 Å². The van der Waals surface area contributed by atoms with Crippen LogP contribution in [-0.4, -0.2) is 16.1 Å². The SMILES string of the molecule is C=C(CC(=O)O)c1ccc2oc(=O)[nH]c2c1. The predicted molar refractivity (Wildman–Crippen MR) is 58.1 cm³/mol. The molecule has 1 aromatic carbocycles. The van der Waals surface area contributed by atoms with Crippen LogP contribution >= 0.6 is 0 Å². The Morgan fingerprint density at radius 1 is 1.50 bits per heavy atom. The average molecular weight is 219 g/mol. The van der Waals surface area contributed by atoms with E-state index in [-0.39, 0.29) is 6.42 Å². The Balaban J connectivity index is 2.42. The number of aromatic nitrogens is 1.